The Labute approximate surface area is 136 Å². The van der Waals surface area contributed by atoms with Gasteiger partial charge in [-0.05, 0) is 55.4 Å². The quantitative estimate of drug-likeness (QED) is 0.382. The molecule has 0 amide bonds. The first-order chi connectivity index (χ1) is 10.1. The molecular weight excluding hydrogens is 276 g/mol. The maximum absolute atomic E-state index is 8.14. The molecule has 0 aliphatic rings. The highest BCUT2D eigenvalue weighted by Crippen LogP contribution is 2.05. The lowest BCUT2D eigenvalue weighted by Crippen LogP contribution is -2.49. The van der Waals surface area contributed by atoms with E-state index in [4.69, 9.17) is 11.1 Å². The SMILES string of the molecule is CC(C)N(C(=N)NCCN=C(N)N(C(C)C)C(C)C)C(C)C. The number of nitrogens with two attached hydrogens (primary N) is 1. The molecule has 0 aromatic heterocycles. The minimum Gasteiger partial charge on any atom is -0.370 e. The fourth-order valence-corrected chi connectivity index (χ4v) is 2.76. The summed E-state index contributed by atoms with van der Waals surface area (Å²) < 4.78 is 0. The van der Waals surface area contributed by atoms with Crippen LogP contribution in [0.4, 0.5) is 0 Å². The van der Waals surface area contributed by atoms with Gasteiger partial charge in [0, 0.05) is 30.7 Å². The summed E-state index contributed by atoms with van der Waals surface area (Å²) in [5.74, 6) is 1.02. The van der Waals surface area contributed by atoms with E-state index in [9.17, 15) is 0 Å². The van der Waals surface area contributed by atoms with Crippen molar-refractivity contribution in [3.05, 3.63) is 0 Å². The van der Waals surface area contributed by atoms with E-state index in [0.29, 0.717) is 49.2 Å². The molecule has 0 aliphatic carbocycles. The molecule has 0 rings (SSSR count). The van der Waals surface area contributed by atoms with Crippen molar-refractivity contribution in [2.24, 2.45) is 10.7 Å². The van der Waals surface area contributed by atoms with E-state index in [0.717, 1.165) is 0 Å². The lowest BCUT2D eigenvalue weighted by molar-refractivity contribution is 0.280. The number of nitrogens with one attached hydrogen (secondary N) is 2. The zero-order chi connectivity index (χ0) is 17.4. The Bertz CT molecular complexity index is 344. The van der Waals surface area contributed by atoms with Crippen LogP contribution in [0.2, 0.25) is 0 Å². The van der Waals surface area contributed by atoms with Gasteiger partial charge < -0.3 is 20.9 Å². The van der Waals surface area contributed by atoms with Crippen LogP contribution in [0.25, 0.3) is 0 Å². The van der Waals surface area contributed by atoms with E-state index in [2.05, 4.69) is 70.6 Å². The van der Waals surface area contributed by atoms with Crippen LogP contribution in [-0.4, -0.2) is 59.0 Å². The molecule has 130 valence electrons. The molecule has 0 heterocycles. The highest BCUT2D eigenvalue weighted by atomic mass is 15.3. The maximum atomic E-state index is 8.14. The number of hydrogen-bond acceptors (Lipinski definition) is 2. The second kappa shape index (κ2) is 9.54. The minimum absolute atomic E-state index is 0.297. The lowest BCUT2D eigenvalue weighted by atomic mass is 10.2. The van der Waals surface area contributed by atoms with Crippen LogP contribution in [0.1, 0.15) is 55.4 Å². The number of hydrogen-bond donors (Lipinski definition) is 3. The summed E-state index contributed by atoms with van der Waals surface area (Å²) in [4.78, 5) is 8.57. The fourth-order valence-electron chi connectivity index (χ4n) is 2.76. The third-order valence-electron chi connectivity index (χ3n) is 3.43. The fraction of sp³-hybridized carbons (Fsp3) is 0.875. The van der Waals surface area contributed by atoms with Gasteiger partial charge in [-0.15, -0.1) is 0 Å². The average Bonchev–Trinajstić information content (AvgIpc) is 2.32. The standard InChI is InChI=1S/C16H36N6/c1-11(2)21(12(3)4)15(17)19-9-10-20-16(18)22(13(5)6)14(7)8/h11-14H,9-10H2,1-8H3,(H2,17,19)(H2,18,20). The topological polar surface area (TPSA) is 80.7 Å². The Balaban J connectivity index is 4.46. The number of guanidine groups is 2. The van der Waals surface area contributed by atoms with Crippen LogP contribution in [0, 0.1) is 5.41 Å². The molecule has 0 saturated heterocycles. The minimum atomic E-state index is 0.297. The maximum Gasteiger partial charge on any atom is 0.191 e. The summed E-state index contributed by atoms with van der Waals surface area (Å²) in [7, 11) is 0. The van der Waals surface area contributed by atoms with Crippen LogP contribution >= 0.6 is 0 Å². The average molecular weight is 313 g/mol. The predicted molar refractivity (Wildman–Crippen MR) is 96.4 cm³/mol. The van der Waals surface area contributed by atoms with Crippen molar-refractivity contribution in [3.63, 3.8) is 0 Å². The molecule has 0 saturated carbocycles. The molecular formula is C16H36N6. The van der Waals surface area contributed by atoms with Crippen molar-refractivity contribution >= 4 is 11.9 Å². The van der Waals surface area contributed by atoms with Gasteiger partial charge in [0.25, 0.3) is 0 Å². The van der Waals surface area contributed by atoms with Gasteiger partial charge in [-0.1, -0.05) is 0 Å². The van der Waals surface area contributed by atoms with E-state index < -0.39 is 0 Å². The second-order valence-corrected chi connectivity index (χ2v) is 6.70. The molecule has 6 heteroatoms. The molecule has 0 aromatic carbocycles. The molecule has 0 aliphatic heterocycles. The Morgan fingerprint density at radius 1 is 0.909 bits per heavy atom. The van der Waals surface area contributed by atoms with Gasteiger partial charge >= 0.3 is 0 Å². The van der Waals surface area contributed by atoms with Gasteiger partial charge in [0.05, 0.1) is 6.54 Å². The van der Waals surface area contributed by atoms with Crippen LogP contribution < -0.4 is 11.1 Å². The smallest absolute Gasteiger partial charge is 0.191 e. The monoisotopic (exact) mass is 312 g/mol. The van der Waals surface area contributed by atoms with Gasteiger partial charge in [0.1, 0.15) is 0 Å². The third kappa shape index (κ3) is 6.54. The van der Waals surface area contributed by atoms with Crippen LogP contribution in [-0.2, 0) is 0 Å². The summed E-state index contributed by atoms with van der Waals surface area (Å²) >= 11 is 0. The highest BCUT2D eigenvalue weighted by molar-refractivity contribution is 5.79. The number of aliphatic imine (C=N–C) groups is 1. The summed E-state index contributed by atoms with van der Waals surface area (Å²) in [5.41, 5.74) is 6.08. The van der Waals surface area contributed by atoms with E-state index in [1.165, 1.54) is 0 Å². The number of rotatable bonds is 7. The summed E-state index contributed by atoms with van der Waals surface area (Å²) in [6.45, 7) is 18.0. The molecule has 0 atom stereocenters. The molecule has 0 fully saturated rings. The van der Waals surface area contributed by atoms with Gasteiger partial charge in [-0.3, -0.25) is 10.4 Å². The first-order valence-electron chi connectivity index (χ1n) is 8.28. The third-order valence-corrected chi connectivity index (χ3v) is 3.43. The van der Waals surface area contributed by atoms with Gasteiger partial charge in [-0.25, -0.2) is 0 Å². The lowest BCUT2D eigenvalue weighted by Gasteiger charge is -2.33. The molecule has 22 heavy (non-hydrogen) atoms. The Morgan fingerprint density at radius 3 is 1.68 bits per heavy atom. The van der Waals surface area contributed by atoms with Gasteiger partial charge in [0.15, 0.2) is 11.9 Å². The zero-order valence-corrected chi connectivity index (χ0v) is 15.6. The van der Waals surface area contributed by atoms with Crippen molar-refractivity contribution in [1.82, 2.24) is 15.1 Å². The molecule has 4 N–H and O–H groups in total. The van der Waals surface area contributed by atoms with Crippen molar-refractivity contribution in [2.45, 2.75) is 79.6 Å². The van der Waals surface area contributed by atoms with Crippen molar-refractivity contribution in [1.29, 1.82) is 5.41 Å². The van der Waals surface area contributed by atoms with E-state index in [-0.39, 0.29) is 0 Å². The Hall–Kier alpha value is -1.46. The molecule has 0 unspecified atom stereocenters. The first-order valence-corrected chi connectivity index (χ1v) is 8.28. The van der Waals surface area contributed by atoms with Crippen molar-refractivity contribution in [3.8, 4) is 0 Å². The van der Waals surface area contributed by atoms with E-state index in [1.807, 2.05) is 4.90 Å². The molecule has 0 radical (unpaired) electrons. The normalized spacial score (nSPS) is 12.5. The van der Waals surface area contributed by atoms with Crippen molar-refractivity contribution < 1.29 is 0 Å². The molecule has 0 aromatic rings. The highest BCUT2D eigenvalue weighted by Gasteiger charge is 2.17. The second-order valence-electron chi connectivity index (χ2n) is 6.70. The largest absolute Gasteiger partial charge is 0.370 e. The van der Waals surface area contributed by atoms with Crippen molar-refractivity contribution in [2.75, 3.05) is 13.1 Å². The van der Waals surface area contributed by atoms with Gasteiger partial charge in [-0.2, -0.15) is 0 Å². The molecule has 0 spiro atoms. The Morgan fingerprint density at radius 2 is 1.32 bits per heavy atom. The van der Waals surface area contributed by atoms with Crippen LogP contribution in [0.5, 0.6) is 0 Å². The van der Waals surface area contributed by atoms with Crippen LogP contribution in [0.3, 0.4) is 0 Å². The summed E-state index contributed by atoms with van der Waals surface area (Å²) in [6, 6.07) is 1.25. The Kier molecular flexibility index (Phi) is 8.90. The summed E-state index contributed by atoms with van der Waals surface area (Å²) in [5, 5.41) is 11.3. The van der Waals surface area contributed by atoms with E-state index >= 15 is 0 Å². The van der Waals surface area contributed by atoms with E-state index in [1.54, 1.807) is 0 Å². The summed E-state index contributed by atoms with van der Waals surface area (Å²) in [6.07, 6.45) is 0. The molecule has 6 nitrogen and oxygen atoms in total. The van der Waals surface area contributed by atoms with Crippen LogP contribution in [0.15, 0.2) is 4.99 Å². The first kappa shape index (κ1) is 20.5. The molecule has 0 bridgehead atoms. The van der Waals surface area contributed by atoms with Gasteiger partial charge in [0.2, 0.25) is 0 Å². The zero-order valence-electron chi connectivity index (χ0n) is 15.6. The number of nitrogens with zero attached hydrogens (tertiary/aromatic N) is 3. The predicted octanol–water partition coefficient (Wildman–Crippen LogP) is 2.06.